The predicted molar refractivity (Wildman–Crippen MR) is 48.7 cm³/mol. The molecule has 0 bridgehead atoms. The summed E-state index contributed by atoms with van der Waals surface area (Å²) in [4.78, 5) is 0. The number of unbranched alkanes of at least 4 members (excludes halogenated alkanes) is 1. The highest BCUT2D eigenvalue weighted by Gasteiger charge is 1.80. The third-order valence-electron chi connectivity index (χ3n) is 0.788. The van der Waals surface area contributed by atoms with E-state index >= 15 is 0 Å². The maximum absolute atomic E-state index is 4.93. The van der Waals surface area contributed by atoms with Crippen molar-refractivity contribution in [2.24, 2.45) is 0 Å². The van der Waals surface area contributed by atoms with Gasteiger partial charge >= 0.3 is 0 Å². The molecule has 0 saturated carbocycles. The minimum Gasteiger partial charge on any atom is -0.446 e. The third kappa shape index (κ3) is 8.06. The van der Waals surface area contributed by atoms with E-state index in [4.69, 9.17) is 4.74 Å². The molecular formula is C7H11OS2. The summed E-state index contributed by atoms with van der Waals surface area (Å²) in [6.45, 7) is 2.73. The molecule has 0 aliphatic rings. The molecule has 57 valence electrons. The summed E-state index contributed by atoms with van der Waals surface area (Å²) in [5.41, 5.74) is 0. The zero-order chi connectivity index (χ0) is 7.66. The van der Waals surface area contributed by atoms with Gasteiger partial charge in [-0.3, -0.25) is 0 Å². The summed E-state index contributed by atoms with van der Waals surface area (Å²) in [5.74, 6) is 3.72. The maximum atomic E-state index is 4.93. The minimum absolute atomic E-state index is 0.644. The normalized spacial score (nSPS) is 8.20. The summed E-state index contributed by atoms with van der Waals surface area (Å²) >= 11 is 4.64. The second-order valence-electron chi connectivity index (χ2n) is 1.70. The smallest absolute Gasteiger partial charge is 0.110 e. The van der Waals surface area contributed by atoms with Crippen molar-refractivity contribution in [1.82, 2.24) is 0 Å². The van der Waals surface area contributed by atoms with Crippen LogP contribution in [0.5, 0.6) is 0 Å². The molecule has 1 nitrogen and oxygen atoms in total. The quantitative estimate of drug-likeness (QED) is 0.369. The monoisotopic (exact) mass is 175 g/mol. The van der Waals surface area contributed by atoms with E-state index in [1.54, 1.807) is 0 Å². The van der Waals surface area contributed by atoms with Gasteiger partial charge in [-0.1, -0.05) is 23.6 Å². The summed E-state index contributed by atoms with van der Waals surface area (Å²) in [5, 5.41) is 0. The SMILES string of the molecule is CCCC#COCCS[S]. The highest BCUT2D eigenvalue weighted by atomic mass is 33.1. The van der Waals surface area contributed by atoms with Gasteiger partial charge in [0.25, 0.3) is 0 Å². The van der Waals surface area contributed by atoms with Crippen LogP contribution in [0.4, 0.5) is 0 Å². The van der Waals surface area contributed by atoms with Gasteiger partial charge in [-0.25, -0.2) is 0 Å². The molecule has 0 spiro atoms. The molecule has 0 aliphatic heterocycles. The van der Waals surface area contributed by atoms with Gasteiger partial charge in [-0.15, -0.1) is 0 Å². The van der Waals surface area contributed by atoms with E-state index in [1.807, 2.05) is 0 Å². The van der Waals surface area contributed by atoms with Crippen LogP contribution in [0.2, 0.25) is 0 Å². The van der Waals surface area contributed by atoms with Crippen molar-refractivity contribution in [3.63, 3.8) is 0 Å². The number of ether oxygens (including phenoxy) is 1. The first-order valence-electron chi connectivity index (χ1n) is 3.26. The molecule has 0 unspecified atom stereocenters. The van der Waals surface area contributed by atoms with E-state index in [0.29, 0.717) is 6.61 Å². The summed E-state index contributed by atoms with van der Waals surface area (Å²) in [6, 6.07) is 0. The van der Waals surface area contributed by atoms with Gasteiger partial charge in [0.05, 0.1) is 0 Å². The number of hydrogen-bond acceptors (Lipinski definition) is 2. The van der Waals surface area contributed by atoms with Gasteiger partial charge in [-0.2, -0.15) is 0 Å². The second kappa shape index (κ2) is 9.06. The molecule has 0 saturated heterocycles. The van der Waals surface area contributed by atoms with E-state index in [0.717, 1.165) is 18.6 Å². The summed E-state index contributed by atoms with van der Waals surface area (Å²) in [6.07, 6.45) is 4.62. The molecule has 0 heterocycles. The molecule has 0 aromatic heterocycles. The van der Waals surface area contributed by atoms with Crippen molar-refractivity contribution in [2.45, 2.75) is 19.8 Å². The Morgan fingerprint density at radius 1 is 1.60 bits per heavy atom. The lowest BCUT2D eigenvalue weighted by molar-refractivity contribution is 0.302. The van der Waals surface area contributed by atoms with E-state index < -0.39 is 0 Å². The first-order chi connectivity index (χ1) is 4.91. The Kier molecular flexibility index (Phi) is 9.11. The Morgan fingerprint density at radius 3 is 3.00 bits per heavy atom. The van der Waals surface area contributed by atoms with Crippen LogP contribution in [0.1, 0.15) is 19.8 Å². The van der Waals surface area contributed by atoms with Crippen molar-refractivity contribution >= 4 is 22.5 Å². The van der Waals surface area contributed by atoms with E-state index in [1.165, 1.54) is 10.8 Å². The summed E-state index contributed by atoms with van der Waals surface area (Å²) in [7, 11) is 1.36. The van der Waals surface area contributed by atoms with Crippen LogP contribution in [-0.4, -0.2) is 12.4 Å². The Labute approximate surface area is 71.7 Å². The lowest BCUT2D eigenvalue weighted by Gasteiger charge is -1.90. The molecule has 0 aromatic carbocycles. The van der Waals surface area contributed by atoms with Crippen LogP contribution in [0.15, 0.2) is 0 Å². The Hall–Kier alpha value is 0.0600. The van der Waals surface area contributed by atoms with Crippen molar-refractivity contribution in [1.29, 1.82) is 0 Å². The predicted octanol–water partition coefficient (Wildman–Crippen LogP) is 2.61. The first kappa shape index (κ1) is 10.1. The minimum atomic E-state index is 0.644. The van der Waals surface area contributed by atoms with Gasteiger partial charge in [0.1, 0.15) is 12.7 Å². The molecule has 0 N–H and O–H groups in total. The second-order valence-corrected chi connectivity index (χ2v) is 3.05. The van der Waals surface area contributed by atoms with Crippen molar-refractivity contribution in [2.75, 3.05) is 12.4 Å². The zero-order valence-electron chi connectivity index (χ0n) is 6.05. The maximum Gasteiger partial charge on any atom is 0.110 e. The molecule has 0 aliphatic carbocycles. The number of hydrogen-bond donors (Lipinski definition) is 0. The average molecular weight is 175 g/mol. The summed E-state index contributed by atoms with van der Waals surface area (Å²) < 4.78 is 4.93. The fraction of sp³-hybridized carbons (Fsp3) is 0.714. The molecular weight excluding hydrogens is 164 g/mol. The van der Waals surface area contributed by atoms with Gasteiger partial charge in [0.15, 0.2) is 0 Å². The van der Waals surface area contributed by atoms with Crippen LogP contribution < -0.4 is 0 Å². The standard InChI is InChI=1S/C7H11OS2/c1-2-3-4-5-8-6-7-10-9/h2-3,6-7H2,1H3. The lowest BCUT2D eigenvalue weighted by atomic mass is 10.4. The van der Waals surface area contributed by atoms with E-state index in [9.17, 15) is 0 Å². The third-order valence-corrected chi connectivity index (χ3v) is 1.62. The molecule has 1 radical (unpaired) electrons. The Morgan fingerprint density at radius 2 is 2.40 bits per heavy atom. The van der Waals surface area contributed by atoms with Crippen molar-refractivity contribution < 1.29 is 4.74 Å². The zero-order valence-corrected chi connectivity index (χ0v) is 7.69. The van der Waals surface area contributed by atoms with Crippen molar-refractivity contribution in [3.8, 4) is 12.0 Å². The molecule has 3 heteroatoms. The fourth-order valence-corrected chi connectivity index (χ4v) is 0.709. The fourth-order valence-electron chi connectivity index (χ4n) is 0.354. The lowest BCUT2D eigenvalue weighted by Crippen LogP contribution is -1.88. The first-order valence-corrected chi connectivity index (χ1v) is 5.17. The molecule has 0 rings (SSSR count). The van der Waals surface area contributed by atoms with Crippen LogP contribution in [-0.2, 0) is 4.74 Å². The molecule has 0 aromatic rings. The van der Waals surface area contributed by atoms with E-state index in [-0.39, 0.29) is 0 Å². The van der Waals surface area contributed by atoms with Crippen LogP contribution >= 0.6 is 22.5 Å². The Balaban J connectivity index is 2.96. The molecule has 0 fully saturated rings. The van der Waals surface area contributed by atoms with Crippen LogP contribution in [0.25, 0.3) is 0 Å². The van der Waals surface area contributed by atoms with Crippen LogP contribution in [0.3, 0.4) is 0 Å². The van der Waals surface area contributed by atoms with Gasteiger partial charge in [0, 0.05) is 12.2 Å². The molecule has 0 atom stereocenters. The highest BCUT2D eigenvalue weighted by molar-refractivity contribution is 8.68. The largest absolute Gasteiger partial charge is 0.446 e. The number of rotatable bonds is 4. The van der Waals surface area contributed by atoms with Gasteiger partial charge < -0.3 is 4.74 Å². The van der Waals surface area contributed by atoms with Gasteiger partial charge in [-0.05, 0) is 18.1 Å². The topological polar surface area (TPSA) is 9.23 Å². The molecule has 0 amide bonds. The van der Waals surface area contributed by atoms with Crippen molar-refractivity contribution in [3.05, 3.63) is 0 Å². The van der Waals surface area contributed by atoms with Gasteiger partial charge in [0.2, 0.25) is 0 Å². The average Bonchev–Trinajstić information content (AvgIpc) is 1.97. The van der Waals surface area contributed by atoms with Crippen LogP contribution in [0, 0.1) is 12.0 Å². The molecule has 10 heavy (non-hydrogen) atoms. The Bertz CT molecular complexity index is 115. The highest BCUT2D eigenvalue weighted by Crippen LogP contribution is 2.02. The van der Waals surface area contributed by atoms with E-state index in [2.05, 4.69) is 30.6 Å².